The van der Waals surface area contributed by atoms with Gasteiger partial charge >= 0.3 is 0 Å². The molecule has 1 atom stereocenters. The lowest BCUT2D eigenvalue weighted by Gasteiger charge is -2.25. The van der Waals surface area contributed by atoms with Gasteiger partial charge in [-0.2, -0.15) is 0 Å². The van der Waals surface area contributed by atoms with Crippen LogP contribution in [0, 0.1) is 0 Å². The fourth-order valence-electron chi connectivity index (χ4n) is 3.39. The number of hydrogen-bond donors (Lipinski definition) is 1. The molecule has 6 heteroatoms. The van der Waals surface area contributed by atoms with Gasteiger partial charge in [-0.3, -0.25) is 4.79 Å². The largest absolute Gasteiger partial charge is 0.338 e. The molecule has 0 unspecified atom stereocenters. The molecular formula is C18H22N2O3S. The van der Waals surface area contributed by atoms with E-state index in [9.17, 15) is 13.2 Å². The van der Waals surface area contributed by atoms with Crippen molar-refractivity contribution >= 4 is 26.7 Å². The fourth-order valence-corrected chi connectivity index (χ4v) is 3.78. The Labute approximate surface area is 142 Å². The number of nitrogens with one attached hydrogen (secondary N) is 1. The molecule has 2 aromatic rings. The molecule has 24 heavy (non-hydrogen) atoms. The van der Waals surface area contributed by atoms with E-state index in [-0.39, 0.29) is 18.5 Å². The highest BCUT2D eigenvalue weighted by molar-refractivity contribution is 7.88. The highest BCUT2D eigenvalue weighted by Crippen LogP contribution is 2.25. The van der Waals surface area contributed by atoms with Gasteiger partial charge in [-0.1, -0.05) is 42.5 Å². The Morgan fingerprint density at radius 1 is 1.21 bits per heavy atom. The second-order valence-electron chi connectivity index (χ2n) is 6.32. The molecule has 1 saturated heterocycles. The molecule has 1 amide bonds. The van der Waals surface area contributed by atoms with Crippen molar-refractivity contribution in [1.82, 2.24) is 9.62 Å². The predicted octanol–water partition coefficient (Wildman–Crippen LogP) is 1.92. The molecule has 1 aliphatic rings. The van der Waals surface area contributed by atoms with Gasteiger partial charge in [0.25, 0.3) is 0 Å². The van der Waals surface area contributed by atoms with E-state index in [2.05, 4.69) is 29.0 Å². The fraction of sp³-hybridized carbons (Fsp3) is 0.389. The minimum atomic E-state index is -3.35. The highest BCUT2D eigenvalue weighted by atomic mass is 32.2. The number of rotatable bonds is 5. The summed E-state index contributed by atoms with van der Waals surface area (Å²) in [6, 6.07) is 14.6. The summed E-state index contributed by atoms with van der Waals surface area (Å²) >= 11 is 0. The Kier molecular flexibility index (Phi) is 4.87. The topological polar surface area (TPSA) is 66.5 Å². The van der Waals surface area contributed by atoms with Crippen molar-refractivity contribution in [2.75, 3.05) is 19.3 Å². The smallest absolute Gasteiger partial charge is 0.237 e. The average molecular weight is 346 g/mol. The second-order valence-corrected chi connectivity index (χ2v) is 8.15. The predicted molar refractivity (Wildman–Crippen MR) is 95.2 cm³/mol. The van der Waals surface area contributed by atoms with Crippen molar-refractivity contribution in [3.05, 3.63) is 48.0 Å². The zero-order valence-corrected chi connectivity index (χ0v) is 14.6. The Bertz CT molecular complexity index is 843. The van der Waals surface area contributed by atoms with Gasteiger partial charge in [-0.05, 0) is 35.6 Å². The van der Waals surface area contributed by atoms with E-state index in [0.717, 1.165) is 25.5 Å². The summed E-state index contributed by atoms with van der Waals surface area (Å²) in [6.45, 7) is 0.532. The molecule has 128 valence electrons. The second kappa shape index (κ2) is 6.91. The van der Waals surface area contributed by atoms with E-state index in [1.54, 1.807) is 0 Å². The van der Waals surface area contributed by atoms with Gasteiger partial charge in [0.1, 0.15) is 0 Å². The van der Waals surface area contributed by atoms with Gasteiger partial charge in [-0.25, -0.2) is 13.1 Å². The van der Waals surface area contributed by atoms with E-state index >= 15 is 0 Å². The van der Waals surface area contributed by atoms with E-state index in [1.807, 2.05) is 23.1 Å². The van der Waals surface area contributed by atoms with Crippen molar-refractivity contribution in [3.63, 3.8) is 0 Å². The normalized spacial score (nSPS) is 18.2. The van der Waals surface area contributed by atoms with Crippen LogP contribution in [0.1, 0.15) is 18.4 Å². The van der Waals surface area contributed by atoms with Crippen LogP contribution in [-0.4, -0.2) is 44.6 Å². The minimum Gasteiger partial charge on any atom is -0.338 e. The lowest BCUT2D eigenvalue weighted by Crippen LogP contribution is -2.43. The number of carbonyl (C=O) groups excluding carboxylic acids is 1. The van der Waals surface area contributed by atoms with Crippen molar-refractivity contribution in [2.24, 2.45) is 0 Å². The zero-order chi connectivity index (χ0) is 17.2. The standard InChI is InChI=1S/C18H22N2O3S/c1-24(22,23)19-13-18(21)20-11-5-9-16(20)12-15-8-4-7-14-6-2-3-10-17(14)15/h2-4,6-8,10,16,19H,5,9,11-13H2,1H3/t16-/m0/s1. The highest BCUT2D eigenvalue weighted by Gasteiger charge is 2.29. The number of benzene rings is 2. The van der Waals surface area contributed by atoms with Crippen LogP contribution in [0.15, 0.2) is 42.5 Å². The van der Waals surface area contributed by atoms with E-state index in [4.69, 9.17) is 0 Å². The Morgan fingerprint density at radius 2 is 1.96 bits per heavy atom. The quantitative estimate of drug-likeness (QED) is 0.899. The molecule has 0 aliphatic carbocycles. The number of carbonyl (C=O) groups is 1. The van der Waals surface area contributed by atoms with Crippen LogP contribution < -0.4 is 4.72 Å². The summed E-state index contributed by atoms with van der Waals surface area (Å²) in [5, 5.41) is 2.41. The first-order valence-corrected chi connectivity index (χ1v) is 10.0. The lowest BCUT2D eigenvalue weighted by atomic mass is 9.97. The minimum absolute atomic E-state index is 0.129. The maximum absolute atomic E-state index is 12.4. The third-order valence-corrected chi connectivity index (χ3v) is 5.19. The van der Waals surface area contributed by atoms with Crippen molar-refractivity contribution in [2.45, 2.75) is 25.3 Å². The molecule has 1 aliphatic heterocycles. The summed E-state index contributed by atoms with van der Waals surface area (Å²) in [4.78, 5) is 14.2. The molecule has 2 aromatic carbocycles. The molecule has 5 nitrogen and oxygen atoms in total. The number of likely N-dealkylation sites (tertiary alicyclic amines) is 1. The number of amides is 1. The molecule has 0 radical (unpaired) electrons. The van der Waals surface area contributed by atoms with Crippen LogP contribution in [-0.2, 0) is 21.2 Å². The molecular weight excluding hydrogens is 324 g/mol. The molecule has 3 rings (SSSR count). The van der Waals surface area contributed by atoms with E-state index in [1.165, 1.54) is 16.3 Å². The summed E-state index contributed by atoms with van der Waals surface area (Å²) in [7, 11) is -3.35. The average Bonchev–Trinajstić information content (AvgIpc) is 3.00. The first kappa shape index (κ1) is 16.9. The summed E-state index contributed by atoms with van der Waals surface area (Å²) in [5.74, 6) is -0.150. The Hall–Kier alpha value is -1.92. The maximum Gasteiger partial charge on any atom is 0.237 e. The van der Waals surface area contributed by atoms with Crippen LogP contribution in [0.4, 0.5) is 0 Å². The van der Waals surface area contributed by atoms with Gasteiger partial charge in [0, 0.05) is 12.6 Å². The zero-order valence-electron chi connectivity index (χ0n) is 13.7. The van der Waals surface area contributed by atoms with Gasteiger partial charge in [-0.15, -0.1) is 0 Å². The first-order valence-electron chi connectivity index (χ1n) is 8.15. The Morgan fingerprint density at radius 3 is 2.75 bits per heavy atom. The van der Waals surface area contributed by atoms with Crippen LogP contribution in [0.3, 0.4) is 0 Å². The summed E-state index contributed by atoms with van der Waals surface area (Å²) in [5.41, 5.74) is 1.23. The number of hydrogen-bond acceptors (Lipinski definition) is 3. The number of sulfonamides is 1. The van der Waals surface area contributed by atoms with Gasteiger partial charge in [0.05, 0.1) is 12.8 Å². The van der Waals surface area contributed by atoms with E-state index in [0.29, 0.717) is 6.54 Å². The van der Waals surface area contributed by atoms with Crippen molar-refractivity contribution in [1.29, 1.82) is 0 Å². The van der Waals surface area contributed by atoms with Gasteiger partial charge in [0.2, 0.25) is 15.9 Å². The summed E-state index contributed by atoms with van der Waals surface area (Å²) < 4.78 is 24.7. The monoisotopic (exact) mass is 346 g/mol. The molecule has 0 saturated carbocycles. The Balaban J connectivity index is 1.75. The third-order valence-electron chi connectivity index (χ3n) is 4.52. The van der Waals surface area contributed by atoms with Crippen molar-refractivity contribution in [3.8, 4) is 0 Å². The van der Waals surface area contributed by atoms with Crippen LogP contribution in [0.25, 0.3) is 10.8 Å². The first-order chi connectivity index (χ1) is 11.4. The molecule has 1 fully saturated rings. The number of nitrogens with zero attached hydrogens (tertiary/aromatic N) is 1. The summed E-state index contributed by atoms with van der Waals surface area (Å²) in [6.07, 6.45) is 3.78. The number of fused-ring (bicyclic) bond motifs is 1. The SMILES string of the molecule is CS(=O)(=O)NCC(=O)N1CCC[C@H]1Cc1cccc2ccccc12. The van der Waals surface area contributed by atoms with Crippen LogP contribution in [0.2, 0.25) is 0 Å². The lowest BCUT2D eigenvalue weighted by molar-refractivity contribution is -0.130. The van der Waals surface area contributed by atoms with Gasteiger partial charge < -0.3 is 4.90 Å². The van der Waals surface area contributed by atoms with Crippen LogP contribution >= 0.6 is 0 Å². The molecule has 0 bridgehead atoms. The van der Waals surface area contributed by atoms with E-state index < -0.39 is 10.0 Å². The van der Waals surface area contributed by atoms with Gasteiger partial charge in [0.15, 0.2) is 0 Å². The molecule has 0 aromatic heterocycles. The molecule has 1 N–H and O–H groups in total. The maximum atomic E-state index is 12.4. The van der Waals surface area contributed by atoms with Crippen LogP contribution in [0.5, 0.6) is 0 Å². The molecule has 0 spiro atoms. The third kappa shape index (κ3) is 3.94. The van der Waals surface area contributed by atoms with Crippen molar-refractivity contribution < 1.29 is 13.2 Å². The molecule has 1 heterocycles.